The SMILES string of the molecule is Cn1ncc(Br)c1C(=O)/C=C/c1c(F)cccc1Cl. The molecular weight excluding hydrogens is 335 g/mol. The first kappa shape index (κ1) is 14.0. The number of aromatic nitrogens is 2. The van der Waals surface area contributed by atoms with Crippen LogP contribution in [0, 0.1) is 5.82 Å². The first-order valence-corrected chi connectivity index (χ1v) is 6.51. The molecule has 1 aromatic carbocycles. The van der Waals surface area contributed by atoms with Crippen LogP contribution in [-0.2, 0) is 7.05 Å². The largest absolute Gasteiger partial charge is 0.288 e. The van der Waals surface area contributed by atoms with E-state index in [2.05, 4.69) is 21.0 Å². The Labute approximate surface area is 122 Å². The second-order valence-electron chi connectivity index (χ2n) is 3.80. The predicted molar refractivity (Wildman–Crippen MR) is 75.7 cm³/mol. The summed E-state index contributed by atoms with van der Waals surface area (Å²) >= 11 is 9.11. The number of rotatable bonds is 3. The Morgan fingerprint density at radius 2 is 2.26 bits per heavy atom. The van der Waals surface area contributed by atoms with Gasteiger partial charge in [-0.05, 0) is 40.2 Å². The minimum Gasteiger partial charge on any atom is -0.288 e. The van der Waals surface area contributed by atoms with Crippen LogP contribution in [0.5, 0.6) is 0 Å². The Balaban J connectivity index is 2.31. The molecule has 0 spiro atoms. The number of benzene rings is 1. The zero-order valence-corrected chi connectivity index (χ0v) is 12.2. The van der Waals surface area contributed by atoms with Crippen molar-refractivity contribution in [1.29, 1.82) is 0 Å². The molecule has 19 heavy (non-hydrogen) atoms. The summed E-state index contributed by atoms with van der Waals surface area (Å²) in [7, 11) is 1.65. The quantitative estimate of drug-likeness (QED) is 0.626. The van der Waals surface area contributed by atoms with Crippen LogP contribution in [0.1, 0.15) is 16.1 Å². The summed E-state index contributed by atoms with van der Waals surface area (Å²) in [4.78, 5) is 12.0. The molecule has 0 aliphatic heterocycles. The van der Waals surface area contributed by atoms with Crippen LogP contribution in [0.25, 0.3) is 6.08 Å². The Morgan fingerprint density at radius 1 is 1.53 bits per heavy atom. The predicted octanol–water partition coefficient (Wildman–Crippen LogP) is 3.87. The molecule has 1 heterocycles. The normalized spacial score (nSPS) is 11.2. The lowest BCUT2D eigenvalue weighted by Gasteiger charge is -2.00. The number of hydrogen-bond acceptors (Lipinski definition) is 2. The fourth-order valence-electron chi connectivity index (χ4n) is 1.60. The van der Waals surface area contributed by atoms with Crippen molar-refractivity contribution in [2.24, 2.45) is 7.05 Å². The highest BCUT2D eigenvalue weighted by atomic mass is 79.9. The second-order valence-corrected chi connectivity index (χ2v) is 5.06. The molecule has 0 saturated heterocycles. The van der Waals surface area contributed by atoms with Gasteiger partial charge in [0.05, 0.1) is 15.7 Å². The summed E-state index contributed by atoms with van der Waals surface area (Å²) in [6.45, 7) is 0. The van der Waals surface area contributed by atoms with E-state index in [0.717, 1.165) is 0 Å². The molecule has 0 atom stereocenters. The lowest BCUT2D eigenvalue weighted by molar-refractivity contribution is 0.103. The molecule has 0 unspecified atom stereocenters. The molecule has 0 saturated carbocycles. The fraction of sp³-hybridized carbons (Fsp3) is 0.0769. The minimum absolute atomic E-state index is 0.191. The van der Waals surface area contributed by atoms with Crippen LogP contribution in [0.4, 0.5) is 4.39 Å². The number of carbonyl (C=O) groups excluding carboxylic acids is 1. The molecule has 0 amide bonds. The minimum atomic E-state index is -0.472. The van der Waals surface area contributed by atoms with E-state index in [9.17, 15) is 9.18 Å². The number of aryl methyl sites for hydroxylation is 1. The molecule has 1 aromatic heterocycles. The Morgan fingerprint density at radius 3 is 2.84 bits per heavy atom. The van der Waals surface area contributed by atoms with Crippen molar-refractivity contribution >= 4 is 39.4 Å². The molecule has 0 N–H and O–H groups in total. The van der Waals surface area contributed by atoms with Crippen LogP contribution in [0.3, 0.4) is 0 Å². The van der Waals surface area contributed by atoms with Gasteiger partial charge in [0.2, 0.25) is 5.78 Å². The molecule has 2 aromatic rings. The third-order valence-electron chi connectivity index (χ3n) is 2.53. The van der Waals surface area contributed by atoms with Gasteiger partial charge in [0, 0.05) is 12.6 Å². The Kier molecular flexibility index (Phi) is 4.17. The van der Waals surface area contributed by atoms with E-state index in [0.29, 0.717) is 10.2 Å². The first-order valence-electron chi connectivity index (χ1n) is 5.34. The van der Waals surface area contributed by atoms with Crippen molar-refractivity contribution < 1.29 is 9.18 Å². The molecule has 0 bridgehead atoms. The van der Waals surface area contributed by atoms with Crippen molar-refractivity contribution in [2.45, 2.75) is 0 Å². The zero-order valence-electron chi connectivity index (χ0n) is 9.90. The number of ketones is 1. The maximum absolute atomic E-state index is 13.5. The van der Waals surface area contributed by atoms with Crippen molar-refractivity contribution in [3.05, 3.63) is 57.0 Å². The molecule has 0 aliphatic rings. The van der Waals surface area contributed by atoms with Crippen LogP contribution in [0.2, 0.25) is 5.02 Å². The van der Waals surface area contributed by atoms with Gasteiger partial charge >= 0.3 is 0 Å². The summed E-state index contributed by atoms with van der Waals surface area (Å²) in [5.41, 5.74) is 0.583. The van der Waals surface area contributed by atoms with Gasteiger partial charge in [-0.2, -0.15) is 5.10 Å². The number of halogens is 3. The Hall–Kier alpha value is -1.46. The zero-order chi connectivity index (χ0) is 14.0. The average molecular weight is 344 g/mol. The van der Waals surface area contributed by atoms with Crippen molar-refractivity contribution in [1.82, 2.24) is 9.78 Å². The lowest BCUT2D eigenvalue weighted by atomic mass is 10.1. The van der Waals surface area contributed by atoms with E-state index in [4.69, 9.17) is 11.6 Å². The summed E-state index contributed by atoms with van der Waals surface area (Å²) < 4.78 is 15.6. The van der Waals surface area contributed by atoms with Gasteiger partial charge < -0.3 is 0 Å². The van der Waals surface area contributed by atoms with Gasteiger partial charge in [0.1, 0.15) is 11.5 Å². The maximum atomic E-state index is 13.5. The third kappa shape index (κ3) is 2.93. The topological polar surface area (TPSA) is 34.9 Å². The molecule has 3 nitrogen and oxygen atoms in total. The van der Waals surface area contributed by atoms with Crippen LogP contribution >= 0.6 is 27.5 Å². The summed E-state index contributed by atoms with van der Waals surface area (Å²) in [5, 5.41) is 4.20. The van der Waals surface area contributed by atoms with E-state index in [1.807, 2.05) is 0 Å². The maximum Gasteiger partial charge on any atom is 0.205 e. The van der Waals surface area contributed by atoms with E-state index < -0.39 is 5.82 Å². The molecule has 0 fully saturated rings. The van der Waals surface area contributed by atoms with Gasteiger partial charge in [-0.25, -0.2) is 4.39 Å². The van der Waals surface area contributed by atoms with Gasteiger partial charge in [-0.3, -0.25) is 9.48 Å². The number of allylic oxidation sites excluding steroid dienone is 1. The third-order valence-corrected chi connectivity index (χ3v) is 3.44. The Bertz CT molecular complexity index is 627. The standard InChI is InChI=1S/C13H9BrClFN2O/c1-18-13(9(14)7-17-18)12(19)6-5-8-10(15)3-2-4-11(8)16/h2-7H,1H3/b6-5+. The number of nitrogens with zero attached hydrogens (tertiary/aromatic N) is 2. The van der Waals surface area contributed by atoms with Gasteiger partial charge in [0.15, 0.2) is 0 Å². The van der Waals surface area contributed by atoms with Crippen molar-refractivity contribution in [3.63, 3.8) is 0 Å². The molecule has 2 rings (SSSR count). The van der Waals surface area contributed by atoms with Crippen LogP contribution in [-0.4, -0.2) is 15.6 Å². The molecule has 0 aliphatic carbocycles. The highest BCUT2D eigenvalue weighted by Gasteiger charge is 2.13. The van der Waals surface area contributed by atoms with Crippen molar-refractivity contribution in [2.75, 3.05) is 0 Å². The van der Waals surface area contributed by atoms with Crippen LogP contribution < -0.4 is 0 Å². The summed E-state index contributed by atoms with van der Waals surface area (Å²) in [6, 6.07) is 4.36. The molecular formula is C13H9BrClFN2O. The molecule has 0 radical (unpaired) electrons. The smallest absolute Gasteiger partial charge is 0.205 e. The lowest BCUT2D eigenvalue weighted by Crippen LogP contribution is -2.04. The van der Waals surface area contributed by atoms with Gasteiger partial charge in [-0.15, -0.1) is 0 Å². The number of carbonyl (C=O) groups is 1. The molecule has 98 valence electrons. The highest BCUT2D eigenvalue weighted by molar-refractivity contribution is 9.10. The summed E-state index contributed by atoms with van der Waals surface area (Å²) in [6.07, 6.45) is 4.16. The molecule has 6 heteroatoms. The summed E-state index contributed by atoms with van der Waals surface area (Å²) in [5.74, 6) is -0.758. The second kappa shape index (κ2) is 5.67. The van der Waals surface area contributed by atoms with Gasteiger partial charge in [-0.1, -0.05) is 17.7 Å². The number of hydrogen-bond donors (Lipinski definition) is 0. The van der Waals surface area contributed by atoms with E-state index in [-0.39, 0.29) is 16.4 Å². The van der Waals surface area contributed by atoms with E-state index >= 15 is 0 Å². The highest BCUT2D eigenvalue weighted by Crippen LogP contribution is 2.21. The average Bonchev–Trinajstić information content (AvgIpc) is 2.68. The fourth-order valence-corrected chi connectivity index (χ4v) is 2.37. The first-order chi connectivity index (χ1) is 9.00. The van der Waals surface area contributed by atoms with E-state index in [1.54, 1.807) is 13.1 Å². The monoisotopic (exact) mass is 342 g/mol. The van der Waals surface area contributed by atoms with Crippen molar-refractivity contribution in [3.8, 4) is 0 Å². The van der Waals surface area contributed by atoms with E-state index in [1.165, 1.54) is 35.2 Å². The van der Waals surface area contributed by atoms with Crippen LogP contribution in [0.15, 0.2) is 34.9 Å². The van der Waals surface area contributed by atoms with Gasteiger partial charge in [0.25, 0.3) is 0 Å².